The van der Waals surface area contributed by atoms with E-state index in [0.717, 1.165) is 18.4 Å². The van der Waals surface area contributed by atoms with Crippen molar-refractivity contribution in [3.63, 3.8) is 0 Å². The number of hydrogen-bond acceptors (Lipinski definition) is 4. The van der Waals surface area contributed by atoms with Gasteiger partial charge in [0.15, 0.2) is 0 Å². The number of fused-ring (bicyclic) bond motifs is 3. The fraction of sp³-hybridized carbons (Fsp3) is 0.759. The summed E-state index contributed by atoms with van der Waals surface area (Å²) in [6.07, 6.45) is 8.24. The SMILES string of the molecule is CO[C@H]1CC(=O)[C@@H]2[C@@H]3[C@@H]4C[C@@H]5CC[C@H]6C[C@]5(C[C@H]6Cc5ccccc5O)[C@]3(C)[C@](C)(C4)[C@@]12O. The lowest BCUT2D eigenvalue weighted by Crippen LogP contribution is -2.60. The number of para-hydroxylation sites is 1. The first kappa shape index (κ1) is 20.9. The zero-order valence-corrected chi connectivity index (χ0v) is 20.2. The number of rotatable bonds is 3. The summed E-state index contributed by atoms with van der Waals surface area (Å²) in [7, 11) is 1.68. The molecule has 1 aromatic rings. The van der Waals surface area contributed by atoms with Crippen LogP contribution in [-0.2, 0) is 16.0 Å². The van der Waals surface area contributed by atoms with Gasteiger partial charge in [-0.2, -0.15) is 0 Å². The molecule has 0 heterocycles. The number of phenolic OH excluding ortho intramolecular Hbond substituents is 1. The van der Waals surface area contributed by atoms with Gasteiger partial charge in [0.05, 0.1) is 12.0 Å². The van der Waals surface area contributed by atoms with Crippen molar-refractivity contribution in [2.75, 3.05) is 7.11 Å². The Morgan fingerprint density at radius 2 is 1.88 bits per heavy atom. The molecule has 6 bridgehead atoms. The van der Waals surface area contributed by atoms with E-state index in [1.165, 1.54) is 32.1 Å². The van der Waals surface area contributed by atoms with Crippen LogP contribution in [0.5, 0.6) is 5.75 Å². The summed E-state index contributed by atoms with van der Waals surface area (Å²) in [4.78, 5) is 13.4. The topological polar surface area (TPSA) is 66.8 Å². The number of phenols is 1. The minimum atomic E-state index is -1.03. The van der Waals surface area contributed by atoms with Gasteiger partial charge < -0.3 is 14.9 Å². The number of carbonyl (C=O) groups excluding carboxylic acids is 1. The van der Waals surface area contributed by atoms with E-state index in [2.05, 4.69) is 19.9 Å². The molecule has 11 atom stereocenters. The highest BCUT2D eigenvalue weighted by molar-refractivity contribution is 5.88. The Hall–Kier alpha value is -1.39. The van der Waals surface area contributed by atoms with E-state index in [1.54, 1.807) is 7.11 Å². The van der Waals surface area contributed by atoms with Crippen LogP contribution in [-0.4, -0.2) is 34.8 Å². The van der Waals surface area contributed by atoms with Crippen molar-refractivity contribution < 1.29 is 19.7 Å². The largest absolute Gasteiger partial charge is 0.508 e. The number of carbonyl (C=O) groups is 1. The molecule has 2 N–H and O–H groups in total. The average Bonchev–Trinajstić information content (AvgIpc) is 3.34. The van der Waals surface area contributed by atoms with Gasteiger partial charge in [0.2, 0.25) is 0 Å². The first-order chi connectivity index (χ1) is 15.7. The van der Waals surface area contributed by atoms with Crippen LogP contribution in [0.4, 0.5) is 0 Å². The molecular formula is C29H38O4. The molecule has 1 spiro atoms. The van der Waals surface area contributed by atoms with Gasteiger partial charge in [-0.25, -0.2) is 0 Å². The van der Waals surface area contributed by atoms with Crippen LogP contribution >= 0.6 is 0 Å². The van der Waals surface area contributed by atoms with Crippen molar-refractivity contribution in [3.8, 4) is 5.75 Å². The zero-order chi connectivity index (χ0) is 23.0. The van der Waals surface area contributed by atoms with Gasteiger partial charge in [0.25, 0.3) is 0 Å². The number of methoxy groups -OCH3 is 1. The minimum absolute atomic E-state index is 0.0357. The third-order valence-electron chi connectivity index (χ3n) is 12.9. The van der Waals surface area contributed by atoms with Crippen LogP contribution in [0.15, 0.2) is 24.3 Å². The molecule has 0 radical (unpaired) electrons. The second-order valence-corrected chi connectivity index (χ2v) is 13.1. The van der Waals surface area contributed by atoms with Crippen molar-refractivity contribution in [1.29, 1.82) is 0 Å². The predicted molar refractivity (Wildman–Crippen MR) is 124 cm³/mol. The van der Waals surface area contributed by atoms with Crippen molar-refractivity contribution in [2.45, 2.75) is 76.9 Å². The van der Waals surface area contributed by atoms with E-state index < -0.39 is 5.60 Å². The highest BCUT2D eigenvalue weighted by Crippen LogP contribution is 2.88. The lowest BCUT2D eigenvalue weighted by Gasteiger charge is -2.61. The molecule has 178 valence electrons. The summed E-state index contributed by atoms with van der Waals surface area (Å²) in [5.41, 5.74) is -0.0799. The lowest BCUT2D eigenvalue weighted by molar-refractivity contribution is -0.192. The Bertz CT molecular complexity index is 1040. The van der Waals surface area contributed by atoms with E-state index in [0.29, 0.717) is 41.8 Å². The Morgan fingerprint density at radius 3 is 2.64 bits per heavy atom. The highest BCUT2D eigenvalue weighted by Gasteiger charge is 2.88. The first-order valence-corrected chi connectivity index (χ1v) is 13.3. The number of hydrogen-bond donors (Lipinski definition) is 2. The molecule has 4 nitrogen and oxygen atoms in total. The number of aliphatic hydroxyl groups is 1. The van der Waals surface area contributed by atoms with E-state index >= 15 is 0 Å². The van der Waals surface area contributed by atoms with Crippen molar-refractivity contribution >= 4 is 5.78 Å². The fourth-order valence-corrected chi connectivity index (χ4v) is 11.8. The lowest BCUT2D eigenvalue weighted by atomic mass is 9.43. The van der Waals surface area contributed by atoms with E-state index in [1.807, 2.05) is 18.2 Å². The maximum Gasteiger partial charge on any atom is 0.141 e. The van der Waals surface area contributed by atoms with Gasteiger partial charge in [-0.3, -0.25) is 4.79 Å². The Morgan fingerprint density at radius 1 is 1.09 bits per heavy atom. The quantitative estimate of drug-likeness (QED) is 0.697. The summed E-state index contributed by atoms with van der Waals surface area (Å²) in [6, 6.07) is 7.84. The van der Waals surface area contributed by atoms with Crippen LogP contribution in [0, 0.1) is 51.8 Å². The van der Waals surface area contributed by atoms with Crippen LogP contribution in [0.25, 0.3) is 0 Å². The van der Waals surface area contributed by atoms with Gasteiger partial charge in [-0.05, 0) is 97.0 Å². The number of ketones is 1. The standard InChI is InChI=1S/C29H38O4/c1-26-13-19-11-20-9-8-17-14-28(20,15-18(17)10-16-6-4-5-7-21(16)30)27(26,2)24(19)25-22(31)12-23(33-3)29(25,26)32/h4-7,17-20,23-25,30,32H,8-15H2,1-3H3/t17-,18+,19+,20-,23-,24-,25+,26-,27-,28+,29+/m0/s1. The summed E-state index contributed by atoms with van der Waals surface area (Å²) in [6.45, 7) is 4.83. The second-order valence-electron chi connectivity index (χ2n) is 13.1. The molecule has 6 saturated carbocycles. The van der Waals surface area contributed by atoms with Crippen molar-refractivity contribution in [3.05, 3.63) is 29.8 Å². The number of aromatic hydroxyl groups is 1. The molecule has 0 saturated heterocycles. The Balaban J connectivity index is 1.34. The molecule has 4 heteroatoms. The molecular weight excluding hydrogens is 412 g/mol. The number of benzene rings is 1. The molecule has 6 aliphatic carbocycles. The molecule has 0 aliphatic heterocycles. The van der Waals surface area contributed by atoms with Crippen LogP contribution < -0.4 is 0 Å². The van der Waals surface area contributed by atoms with Crippen LogP contribution in [0.1, 0.15) is 64.4 Å². The smallest absolute Gasteiger partial charge is 0.141 e. The maximum atomic E-state index is 13.4. The molecule has 7 rings (SSSR count). The fourth-order valence-electron chi connectivity index (χ4n) is 11.8. The third-order valence-corrected chi connectivity index (χ3v) is 12.9. The molecule has 1 aromatic carbocycles. The highest BCUT2D eigenvalue weighted by atomic mass is 16.5. The molecule has 0 aromatic heterocycles. The monoisotopic (exact) mass is 450 g/mol. The number of ether oxygens (including phenoxy) is 1. The minimum Gasteiger partial charge on any atom is -0.508 e. The summed E-state index contributed by atoms with van der Waals surface area (Å²) >= 11 is 0. The normalized spacial score (nSPS) is 55.6. The molecule has 33 heavy (non-hydrogen) atoms. The molecule has 0 amide bonds. The van der Waals surface area contributed by atoms with Gasteiger partial charge in [-0.1, -0.05) is 32.0 Å². The van der Waals surface area contributed by atoms with Crippen molar-refractivity contribution in [2.24, 2.45) is 51.8 Å². The van der Waals surface area contributed by atoms with Gasteiger partial charge >= 0.3 is 0 Å². The van der Waals surface area contributed by atoms with Gasteiger partial charge in [0, 0.05) is 18.9 Å². The second kappa shape index (κ2) is 6.23. The average molecular weight is 451 g/mol. The summed E-state index contributed by atoms with van der Waals surface area (Å²) in [5.74, 6) is 3.24. The molecule has 6 aliphatic rings. The van der Waals surface area contributed by atoms with Crippen molar-refractivity contribution in [1.82, 2.24) is 0 Å². The Kier molecular flexibility index (Phi) is 3.96. The van der Waals surface area contributed by atoms with Crippen LogP contribution in [0.2, 0.25) is 0 Å². The molecule has 0 unspecified atom stereocenters. The third kappa shape index (κ3) is 2.05. The first-order valence-electron chi connectivity index (χ1n) is 13.3. The van der Waals surface area contributed by atoms with Crippen LogP contribution in [0.3, 0.4) is 0 Å². The van der Waals surface area contributed by atoms with E-state index in [-0.39, 0.29) is 34.1 Å². The van der Waals surface area contributed by atoms with Gasteiger partial charge in [-0.15, -0.1) is 0 Å². The van der Waals surface area contributed by atoms with E-state index in [4.69, 9.17) is 4.74 Å². The van der Waals surface area contributed by atoms with Gasteiger partial charge in [0.1, 0.15) is 17.1 Å². The number of Topliss-reactive ketones (excluding diaryl/α,β-unsaturated/α-hetero) is 1. The molecule has 6 fully saturated rings. The summed E-state index contributed by atoms with van der Waals surface area (Å²) in [5, 5.41) is 22.9. The van der Waals surface area contributed by atoms with E-state index in [9.17, 15) is 15.0 Å². The zero-order valence-electron chi connectivity index (χ0n) is 20.2. The Labute approximate surface area is 197 Å². The summed E-state index contributed by atoms with van der Waals surface area (Å²) < 4.78 is 5.84. The predicted octanol–water partition coefficient (Wildman–Crippen LogP) is 4.76. The maximum absolute atomic E-state index is 13.4.